The number of imidazole rings is 1. The maximum absolute atomic E-state index is 14.2. The number of halogens is 2. The van der Waals surface area contributed by atoms with E-state index in [0.717, 1.165) is 25.2 Å². The summed E-state index contributed by atoms with van der Waals surface area (Å²) in [6.07, 6.45) is 3.55. The predicted molar refractivity (Wildman–Crippen MR) is 108 cm³/mol. The molecule has 164 valence electrons. The summed E-state index contributed by atoms with van der Waals surface area (Å²) in [6.45, 7) is 4.79. The van der Waals surface area contributed by atoms with Crippen LogP contribution in [0.1, 0.15) is 56.8 Å². The highest BCUT2D eigenvalue weighted by Crippen LogP contribution is 2.45. The van der Waals surface area contributed by atoms with Crippen molar-refractivity contribution in [3.8, 4) is 5.88 Å². The van der Waals surface area contributed by atoms with Gasteiger partial charge in [-0.1, -0.05) is 43.7 Å². The van der Waals surface area contributed by atoms with Crippen molar-refractivity contribution in [3.05, 3.63) is 47.9 Å². The molecule has 0 saturated heterocycles. The molecule has 3 rings (SSSR count). The third kappa shape index (κ3) is 4.41. The number of ether oxygens (including phenoxy) is 1. The van der Waals surface area contributed by atoms with Crippen molar-refractivity contribution in [2.24, 2.45) is 13.0 Å². The molecule has 1 aromatic carbocycles. The highest BCUT2D eigenvalue weighted by Gasteiger charge is 2.52. The first kappa shape index (κ1) is 22.4. The Kier molecular flexibility index (Phi) is 6.60. The summed E-state index contributed by atoms with van der Waals surface area (Å²) >= 11 is 0. The number of carbonyl (C=O) groups is 1. The van der Waals surface area contributed by atoms with Crippen LogP contribution in [-0.4, -0.2) is 21.6 Å². The van der Waals surface area contributed by atoms with E-state index in [2.05, 4.69) is 6.92 Å². The van der Waals surface area contributed by atoms with Crippen LogP contribution in [0.25, 0.3) is 0 Å². The molecule has 1 fully saturated rings. The zero-order chi connectivity index (χ0) is 21.9. The Bertz CT molecular complexity index is 882. The van der Waals surface area contributed by atoms with E-state index in [-0.39, 0.29) is 24.3 Å². The first-order valence-corrected chi connectivity index (χ1v) is 10.6. The minimum atomic E-state index is -2.91. The number of hydrogen-bond acceptors (Lipinski definition) is 3. The van der Waals surface area contributed by atoms with Gasteiger partial charge in [-0.2, -0.15) is 4.57 Å². The number of aromatic nitrogens is 2. The summed E-state index contributed by atoms with van der Waals surface area (Å²) in [4.78, 5) is 13.3. The number of aryl methyl sites for hydroxylation is 1. The Labute approximate surface area is 176 Å². The lowest BCUT2D eigenvalue weighted by Crippen LogP contribution is -2.49. The van der Waals surface area contributed by atoms with E-state index in [1.165, 1.54) is 0 Å². The van der Waals surface area contributed by atoms with Crippen LogP contribution in [0.3, 0.4) is 0 Å². The van der Waals surface area contributed by atoms with E-state index in [9.17, 15) is 18.7 Å². The van der Waals surface area contributed by atoms with E-state index in [4.69, 9.17) is 4.74 Å². The fourth-order valence-electron chi connectivity index (χ4n) is 4.23. The largest absolute Gasteiger partial charge is 0.384 e. The van der Waals surface area contributed by atoms with Crippen molar-refractivity contribution < 1.29 is 28.0 Å². The monoisotopic (exact) mass is 421 g/mol. The summed E-state index contributed by atoms with van der Waals surface area (Å²) in [7, 11) is 1.77. The molecular weight excluding hydrogens is 390 g/mol. The molecule has 1 aromatic heterocycles. The van der Waals surface area contributed by atoms with Crippen LogP contribution in [0.4, 0.5) is 8.78 Å². The average Bonchev–Trinajstić information content (AvgIpc) is 2.99. The van der Waals surface area contributed by atoms with Gasteiger partial charge in [-0.05, 0) is 24.8 Å². The van der Waals surface area contributed by atoms with E-state index in [1.54, 1.807) is 48.1 Å². The van der Waals surface area contributed by atoms with Crippen LogP contribution in [0.15, 0.2) is 36.5 Å². The lowest BCUT2D eigenvalue weighted by atomic mass is 9.72. The van der Waals surface area contributed by atoms with Gasteiger partial charge < -0.3 is 9.84 Å². The topological polar surface area (TPSA) is 55.3 Å². The lowest BCUT2D eigenvalue weighted by Gasteiger charge is -2.38. The molecule has 1 aliphatic carbocycles. The van der Waals surface area contributed by atoms with Gasteiger partial charge in [-0.3, -0.25) is 0 Å². The highest BCUT2D eigenvalue weighted by molar-refractivity contribution is 5.83. The van der Waals surface area contributed by atoms with Gasteiger partial charge in [0, 0.05) is 25.7 Å². The Balaban J connectivity index is 1.94. The van der Waals surface area contributed by atoms with Crippen molar-refractivity contribution in [1.29, 1.82) is 0 Å². The van der Waals surface area contributed by atoms with Gasteiger partial charge in [0.25, 0.3) is 5.82 Å². The van der Waals surface area contributed by atoms with Crippen LogP contribution in [0.2, 0.25) is 0 Å². The number of carbonyl (C=O) groups excluding carboxylic acids is 1. The third-order valence-electron chi connectivity index (χ3n) is 6.20. The van der Waals surface area contributed by atoms with Crippen LogP contribution >= 0.6 is 0 Å². The van der Waals surface area contributed by atoms with Gasteiger partial charge >= 0.3 is 11.8 Å². The number of aliphatic hydroxyl groups is 1. The van der Waals surface area contributed by atoms with Crippen molar-refractivity contribution in [3.63, 3.8) is 0 Å². The molecule has 0 unspecified atom stereocenters. The molecule has 1 heterocycles. The number of unbranched alkanes of at least 4 members (excludes halogenated alkanes) is 1. The quantitative estimate of drug-likeness (QED) is 0.542. The Hall–Kier alpha value is -2.28. The summed E-state index contributed by atoms with van der Waals surface area (Å²) in [6, 6.07) is 8.29. The summed E-state index contributed by atoms with van der Waals surface area (Å²) in [5, 5.41) is 11.6. The summed E-state index contributed by atoms with van der Waals surface area (Å²) in [5.74, 6) is -3.56. The maximum Gasteiger partial charge on any atom is 0.351 e. The molecule has 30 heavy (non-hydrogen) atoms. The van der Waals surface area contributed by atoms with Crippen molar-refractivity contribution in [2.45, 2.75) is 70.4 Å². The van der Waals surface area contributed by atoms with E-state index < -0.39 is 29.8 Å². The number of benzene rings is 1. The average molecular weight is 422 g/mol. The molecule has 0 radical (unpaired) electrons. The first-order chi connectivity index (χ1) is 14.2. The molecule has 2 aromatic rings. The van der Waals surface area contributed by atoms with Crippen molar-refractivity contribution >= 4 is 5.97 Å². The first-order valence-electron chi connectivity index (χ1n) is 10.6. The fraction of sp³-hybridized carbons (Fsp3) is 0.565. The second-order valence-electron chi connectivity index (χ2n) is 8.29. The zero-order valence-corrected chi connectivity index (χ0v) is 17.9. The third-order valence-corrected chi connectivity index (χ3v) is 6.20. The zero-order valence-electron chi connectivity index (χ0n) is 17.9. The van der Waals surface area contributed by atoms with Gasteiger partial charge in [-0.25, -0.2) is 18.1 Å². The van der Waals surface area contributed by atoms with Crippen LogP contribution in [-0.2, 0) is 24.0 Å². The molecule has 1 saturated carbocycles. The SMILES string of the molecule is CCCC[n+]1cc(OC(=O)[C@](O)(c2ccccc2)[C@@H]2CCCC(F)(F)C2)n(C)c1C. The summed E-state index contributed by atoms with van der Waals surface area (Å²) < 4.78 is 37.7. The normalized spacial score (nSPS) is 20.5. The van der Waals surface area contributed by atoms with Crippen LogP contribution in [0.5, 0.6) is 5.88 Å². The van der Waals surface area contributed by atoms with Crippen molar-refractivity contribution in [2.75, 3.05) is 0 Å². The van der Waals surface area contributed by atoms with Gasteiger partial charge in [0.15, 0.2) is 11.8 Å². The highest BCUT2D eigenvalue weighted by atomic mass is 19.3. The minimum Gasteiger partial charge on any atom is -0.384 e. The molecule has 0 bridgehead atoms. The van der Waals surface area contributed by atoms with E-state index in [0.29, 0.717) is 6.42 Å². The molecule has 0 aliphatic heterocycles. The lowest BCUT2D eigenvalue weighted by molar-refractivity contribution is -0.702. The van der Waals surface area contributed by atoms with Gasteiger partial charge in [-0.15, -0.1) is 0 Å². The molecule has 1 N–H and O–H groups in total. The number of alkyl halides is 2. The summed E-state index contributed by atoms with van der Waals surface area (Å²) in [5.41, 5.74) is -1.86. The van der Waals surface area contributed by atoms with E-state index >= 15 is 0 Å². The Morgan fingerprint density at radius 1 is 1.37 bits per heavy atom. The molecule has 5 nitrogen and oxygen atoms in total. The molecule has 0 spiro atoms. The van der Waals surface area contributed by atoms with Gasteiger partial charge in [0.2, 0.25) is 5.92 Å². The minimum absolute atomic E-state index is 0.224. The Morgan fingerprint density at radius 3 is 2.70 bits per heavy atom. The molecule has 0 amide bonds. The standard InChI is InChI=1S/C23H31F2N2O3/c1-4-5-14-27-16-20(26(3)17(27)2)30-21(28)23(29,18-10-7-6-8-11-18)19-12-9-13-22(24,25)15-19/h6-8,10-11,16,19,29H,4-5,9,12-15H2,1-3H3/q+1/t19-,23+/m1/s1. The van der Waals surface area contributed by atoms with Crippen molar-refractivity contribution in [1.82, 2.24) is 4.57 Å². The Morgan fingerprint density at radius 2 is 2.07 bits per heavy atom. The fourth-order valence-corrected chi connectivity index (χ4v) is 4.23. The van der Waals surface area contributed by atoms with Gasteiger partial charge in [0.05, 0.1) is 13.6 Å². The number of rotatable bonds is 7. The second kappa shape index (κ2) is 8.84. The molecule has 1 aliphatic rings. The smallest absolute Gasteiger partial charge is 0.351 e. The number of nitrogens with zero attached hydrogens (tertiary/aromatic N) is 2. The number of esters is 1. The molecule has 7 heteroatoms. The van der Waals surface area contributed by atoms with Crippen LogP contribution in [0, 0.1) is 12.8 Å². The predicted octanol–water partition coefficient (Wildman–Crippen LogP) is 4.04. The number of hydrogen-bond donors (Lipinski definition) is 1. The van der Waals surface area contributed by atoms with Gasteiger partial charge in [0.1, 0.15) is 0 Å². The maximum atomic E-state index is 14.2. The van der Waals surface area contributed by atoms with Crippen LogP contribution < -0.4 is 9.30 Å². The molecule has 2 atom stereocenters. The molecular formula is C23H31F2N2O3+. The van der Waals surface area contributed by atoms with E-state index in [1.807, 2.05) is 11.5 Å². The second-order valence-corrected chi connectivity index (χ2v) is 8.29.